The second-order valence-electron chi connectivity index (χ2n) is 3.43. The van der Waals surface area contributed by atoms with Crippen molar-refractivity contribution in [1.82, 2.24) is 8.61 Å². The van der Waals surface area contributed by atoms with Crippen molar-refractivity contribution in [1.29, 1.82) is 0 Å². The van der Waals surface area contributed by atoms with Crippen LogP contribution in [0.4, 0.5) is 0 Å². The Morgan fingerprint density at radius 3 is 1.71 bits per heavy atom. The maximum atomic E-state index is 11.8. The number of hydrogen-bond donors (Lipinski definition) is 0. The molecule has 2 heterocycles. The minimum absolute atomic E-state index is 0.108. The molecule has 0 unspecified atom stereocenters. The van der Waals surface area contributed by atoms with Crippen molar-refractivity contribution >= 4 is 23.4 Å². The van der Waals surface area contributed by atoms with Crippen LogP contribution in [-0.4, -0.2) is 38.1 Å². The zero-order valence-corrected chi connectivity index (χ0v) is 8.59. The first-order chi connectivity index (χ1) is 6.70. The first-order valence-corrected chi connectivity index (χ1v) is 5.79. The van der Waals surface area contributed by atoms with Crippen LogP contribution in [0.5, 0.6) is 0 Å². The number of carbonyl (C=O) groups excluding carboxylic acids is 2. The Morgan fingerprint density at radius 2 is 1.43 bits per heavy atom. The summed E-state index contributed by atoms with van der Waals surface area (Å²) in [7, 11) is 0. The van der Waals surface area contributed by atoms with Gasteiger partial charge in [0.2, 0.25) is 11.5 Å². The smallest absolute Gasteiger partial charge is 0.266 e. The van der Waals surface area contributed by atoms with Gasteiger partial charge in [-0.25, -0.2) is 0 Å². The van der Waals surface area contributed by atoms with E-state index >= 15 is 0 Å². The Balaban J connectivity index is 2.03. The lowest BCUT2D eigenvalue weighted by Crippen LogP contribution is -2.44. The maximum Gasteiger partial charge on any atom is 0.266 e. The lowest BCUT2D eigenvalue weighted by Gasteiger charge is -2.24. The van der Waals surface area contributed by atoms with Gasteiger partial charge in [0, 0.05) is 12.8 Å². The first kappa shape index (κ1) is 9.79. The molecule has 0 atom stereocenters. The van der Waals surface area contributed by atoms with Gasteiger partial charge in [-0.05, 0) is 12.8 Å². The standard InChI is InChI=1S/C8H12N2O3S/c11-7-3-1-5-9(7)14(13)10-6-2-4-8(10)12/h1-6H2. The summed E-state index contributed by atoms with van der Waals surface area (Å²) in [5.41, 5.74) is 0. The quantitative estimate of drug-likeness (QED) is 0.601. The van der Waals surface area contributed by atoms with Crippen LogP contribution < -0.4 is 0 Å². The summed E-state index contributed by atoms with van der Waals surface area (Å²) >= 11 is -1.56. The number of carbonyl (C=O) groups is 2. The van der Waals surface area contributed by atoms with E-state index in [1.807, 2.05) is 0 Å². The van der Waals surface area contributed by atoms with Gasteiger partial charge in [-0.3, -0.25) is 9.59 Å². The van der Waals surface area contributed by atoms with Crippen molar-refractivity contribution in [2.45, 2.75) is 25.7 Å². The summed E-state index contributed by atoms with van der Waals surface area (Å²) in [4.78, 5) is 22.5. The molecule has 0 aromatic carbocycles. The molecule has 2 fully saturated rings. The lowest BCUT2D eigenvalue weighted by molar-refractivity contribution is -0.124. The number of amides is 2. The van der Waals surface area contributed by atoms with Crippen molar-refractivity contribution < 1.29 is 14.1 Å². The van der Waals surface area contributed by atoms with Crippen LogP contribution >= 0.6 is 0 Å². The molecule has 0 N–H and O–H groups in total. The normalized spacial score (nSPS) is 23.0. The average molecular weight is 216 g/mol. The molecule has 2 aliphatic rings. The molecule has 0 radical (unpaired) electrons. The summed E-state index contributed by atoms with van der Waals surface area (Å²) in [6.07, 6.45) is 2.39. The van der Waals surface area contributed by atoms with E-state index in [4.69, 9.17) is 0 Å². The van der Waals surface area contributed by atoms with Crippen LogP contribution in [-0.2, 0) is 21.1 Å². The van der Waals surface area contributed by atoms with Crippen molar-refractivity contribution in [3.8, 4) is 0 Å². The molecule has 0 bridgehead atoms. The van der Waals surface area contributed by atoms with Crippen LogP contribution in [0, 0.1) is 0 Å². The topological polar surface area (TPSA) is 63.7 Å². The minimum atomic E-state index is -1.56. The molecule has 2 rings (SSSR count). The van der Waals surface area contributed by atoms with Gasteiger partial charge in [-0.2, -0.15) is 0 Å². The second-order valence-corrected chi connectivity index (χ2v) is 4.77. The molecule has 14 heavy (non-hydrogen) atoms. The van der Waals surface area contributed by atoms with E-state index in [1.54, 1.807) is 0 Å². The molecule has 0 aliphatic carbocycles. The molecular formula is C8H12N2O3S. The van der Waals surface area contributed by atoms with E-state index in [0.717, 1.165) is 12.8 Å². The predicted octanol–water partition coefficient (Wildman–Crippen LogP) is -0.190. The zero-order valence-electron chi connectivity index (χ0n) is 7.77. The van der Waals surface area contributed by atoms with E-state index < -0.39 is 11.5 Å². The molecule has 0 spiro atoms. The molecular weight excluding hydrogens is 204 g/mol. The molecule has 0 aromatic heterocycles. The molecule has 2 aliphatic heterocycles. The summed E-state index contributed by atoms with van der Waals surface area (Å²) in [5, 5.41) is 0. The largest absolute Gasteiger partial charge is 0.568 e. The van der Waals surface area contributed by atoms with Gasteiger partial charge in [0.05, 0.1) is 13.1 Å². The molecule has 2 amide bonds. The minimum Gasteiger partial charge on any atom is -0.568 e. The molecule has 5 nitrogen and oxygen atoms in total. The molecule has 0 saturated carbocycles. The Morgan fingerprint density at radius 1 is 1.00 bits per heavy atom. The van der Waals surface area contributed by atoms with Gasteiger partial charge in [-0.15, -0.1) is 8.61 Å². The fourth-order valence-electron chi connectivity index (χ4n) is 1.70. The molecule has 78 valence electrons. The van der Waals surface area contributed by atoms with Gasteiger partial charge >= 0.3 is 0 Å². The Labute approximate surface area is 85.5 Å². The van der Waals surface area contributed by atoms with Gasteiger partial charge in [0.1, 0.15) is 0 Å². The SMILES string of the molecule is O=C1CCCN1[S+]([O-])N1CCCC1=O. The predicted molar refractivity (Wildman–Crippen MR) is 50.0 cm³/mol. The third-order valence-corrected chi connectivity index (χ3v) is 3.96. The van der Waals surface area contributed by atoms with Gasteiger partial charge in [0.15, 0.2) is 0 Å². The molecule has 0 aromatic rings. The van der Waals surface area contributed by atoms with Crippen LogP contribution in [0.1, 0.15) is 25.7 Å². The highest BCUT2D eigenvalue weighted by Crippen LogP contribution is 2.22. The van der Waals surface area contributed by atoms with Crippen molar-refractivity contribution in [2.24, 2.45) is 0 Å². The summed E-state index contributed by atoms with van der Waals surface area (Å²) in [6, 6.07) is 0. The zero-order chi connectivity index (χ0) is 10.1. The Hall–Kier alpha value is -0.750. The van der Waals surface area contributed by atoms with E-state index in [0.29, 0.717) is 25.9 Å². The number of nitrogens with zero attached hydrogens (tertiary/aromatic N) is 2. The van der Waals surface area contributed by atoms with Gasteiger partial charge in [-0.1, -0.05) is 0 Å². The Bertz CT molecular complexity index is 245. The highest BCUT2D eigenvalue weighted by Gasteiger charge is 2.40. The van der Waals surface area contributed by atoms with E-state index in [-0.39, 0.29) is 11.8 Å². The van der Waals surface area contributed by atoms with Crippen LogP contribution in [0.25, 0.3) is 0 Å². The first-order valence-electron chi connectivity index (χ1n) is 4.73. The molecule has 6 heteroatoms. The van der Waals surface area contributed by atoms with Crippen molar-refractivity contribution in [3.63, 3.8) is 0 Å². The van der Waals surface area contributed by atoms with Crippen LogP contribution in [0.3, 0.4) is 0 Å². The lowest BCUT2D eigenvalue weighted by atomic mass is 10.4. The monoisotopic (exact) mass is 216 g/mol. The fourth-order valence-corrected chi connectivity index (χ4v) is 3.04. The third-order valence-electron chi connectivity index (χ3n) is 2.44. The van der Waals surface area contributed by atoms with E-state index in [1.165, 1.54) is 8.61 Å². The summed E-state index contributed by atoms with van der Waals surface area (Å²) in [5.74, 6) is -0.217. The van der Waals surface area contributed by atoms with Crippen molar-refractivity contribution in [2.75, 3.05) is 13.1 Å². The Kier molecular flexibility index (Phi) is 2.64. The van der Waals surface area contributed by atoms with Crippen LogP contribution in [0.15, 0.2) is 0 Å². The van der Waals surface area contributed by atoms with Gasteiger partial charge in [0.25, 0.3) is 11.8 Å². The van der Waals surface area contributed by atoms with E-state index in [9.17, 15) is 14.1 Å². The fraction of sp³-hybridized carbons (Fsp3) is 0.750. The summed E-state index contributed by atoms with van der Waals surface area (Å²) < 4.78 is 14.4. The summed E-state index contributed by atoms with van der Waals surface area (Å²) in [6.45, 7) is 1.02. The third kappa shape index (κ3) is 1.59. The van der Waals surface area contributed by atoms with E-state index in [2.05, 4.69) is 0 Å². The van der Waals surface area contributed by atoms with Crippen LogP contribution in [0.2, 0.25) is 0 Å². The number of hydrogen-bond acceptors (Lipinski definition) is 3. The maximum absolute atomic E-state index is 11.8. The molecule has 2 saturated heterocycles. The number of rotatable bonds is 2. The van der Waals surface area contributed by atoms with Crippen molar-refractivity contribution in [3.05, 3.63) is 0 Å². The van der Waals surface area contributed by atoms with Gasteiger partial charge < -0.3 is 4.55 Å². The highest BCUT2D eigenvalue weighted by atomic mass is 32.2. The second kappa shape index (κ2) is 3.78. The highest BCUT2D eigenvalue weighted by molar-refractivity contribution is 7.87. The average Bonchev–Trinajstić information content (AvgIpc) is 2.73.